The van der Waals surface area contributed by atoms with Crippen molar-refractivity contribution >= 4 is 23.0 Å². The number of hydrogen-bond acceptors (Lipinski definition) is 7. The third-order valence-corrected chi connectivity index (χ3v) is 5.46. The molecule has 7 heteroatoms. The molecule has 2 N–H and O–H groups in total. The van der Waals surface area contributed by atoms with E-state index in [0.29, 0.717) is 22.9 Å². The maximum atomic E-state index is 12.1. The molecule has 0 unspecified atom stereocenters. The van der Waals surface area contributed by atoms with Gasteiger partial charge in [-0.05, 0) is 82.0 Å². The molecule has 0 bridgehead atoms. The SMILES string of the molecule is CC(C)(C)C(=O)Oc1ccc(-c2cnc3ccc(NNCCCCc4ccccc4)nc3n2)cc1. The molecule has 0 amide bonds. The number of rotatable bonds is 9. The predicted octanol–water partition coefficient (Wildman–Crippen LogP) is 5.58. The second-order valence-electron chi connectivity index (χ2n) is 9.45. The van der Waals surface area contributed by atoms with Gasteiger partial charge in [0, 0.05) is 12.1 Å². The fourth-order valence-electron chi connectivity index (χ4n) is 3.40. The molecule has 0 aliphatic carbocycles. The van der Waals surface area contributed by atoms with Gasteiger partial charge in [-0.15, -0.1) is 0 Å². The van der Waals surface area contributed by atoms with Crippen molar-refractivity contribution in [1.29, 1.82) is 0 Å². The highest BCUT2D eigenvalue weighted by molar-refractivity contribution is 5.78. The van der Waals surface area contributed by atoms with Crippen LogP contribution in [0.2, 0.25) is 0 Å². The van der Waals surface area contributed by atoms with E-state index < -0.39 is 5.41 Å². The van der Waals surface area contributed by atoms with Crippen LogP contribution in [0.4, 0.5) is 5.82 Å². The van der Waals surface area contributed by atoms with Crippen LogP contribution in [-0.4, -0.2) is 27.5 Å². The summed E-state index contributed by atoms with van der Waals surface area (Å²) in [7, 11) is 0. The van der Waals surface area contributed by atoms with E-state index in [1.807, 2.05) is 51.1 Å². The van der Waals surface area contributed by atoms with Crippen LogP contribution < -0.4 is 15.6 Å². The molecule has 0 atom stereocenters. The molecule has 0 spiro atoms. The van der Waals surface area contributed by atoms with Gasteiger partial charge in [0.05, 0.1) is 17.3 Å². The summed E-state index contributed by atoms with van der Waals surface area (Å²) < 4.78 is 5.44. The smallest absolute Gasteiger partial charge is 0.316 e. The summed E-state index contributed by atoms with van der Waals surface area (Å²) in [5, 5.41) is 0. The number of hydrazine groups is 1. The van der Waals surface area contributed by atoms with E-state index in [-0.39, 0.29) is 5.97 Å². The number of unbranched alkanes of at least 4 members (excludes halogenated alkanes) is 1. The van der Waals surface area contributed by atoms with Gasteiger partial charge in [0.25, 0.3) is 0 Å². The van der Waals surface area contributed by atoms with Gasteiger partial charge in [0.1, 0.15) is 17.1 Å². The Morgan fingerprint density at radius 3 is 2.43 bits per heavy atom. The van der Waals surface area contributed by atoms with Crippen molar-refractivity contribution in [3.05, 3.63) is 78.5 Å². The van der Waals surface area contributed by atoms with E-state index >= 15 is 0 Å². The number of pyridine rings is 1. The number of ether oxygens (including phenoxy) is 1. The van der Waals surface area contributed by atoms with Crippen molar-refractivity contribution in [3.63, 3.8) is 0 Å². The number of carbonyl (C=O) groups is 1. The number of fused-ring (bicyclic) bond motifs is 1. The third kappa shape index (κ3) is 6.83. The molecule has 2 heterocycles. The van der Waals surface area contributed by atoms with Crippen LogP contribution in [0.1, 0.15) is 39.2 Å². The molecule has 4 aromatic rings. The standard InChI is InChI=1S/C28H31N5O2/c1-28(2,3)27(34)35-22-14-12-21(13-15-22)24-19-29-23-16-17-25(32-26(23)31-24)33-30-18-8-7-11-20-9-5-4-6-10-20/h4-6,9-10,12-17,19,30H,7-8,11,18H2,1-3H3,(H,31,32,33). The van der Waals surface area contributed by atoms with Gasteiger partial charge in [-0.1, -0.05) is 30.3 Å². The molecule has 4 rings (SSSR count). The summed E-state index contributed by atoms with van der Waals surface area (Å²) in [5.41, 5.74) is 10.0. The van der Waals surface area contributed by atoms with Crippen LogP contribution in [0.3, 0.4) is 0 Å². The molecule has 0 saturated carbocycles. The lowest BCUT2D eigenvalue weighted by Gasteiger charge is -2.16. The minimum absolute atomic E-state index is 0.273. The number of hydrogen-bond donors (Lipinski definition) is 2. The lowest BCUT2D eigenvalue weighted by molar-refractivity contribution is -0.142. The summed E-state index contributed by atoms with van der Waals surface area (Å²) in [5.74, 6) is 0.920. The maximum absolute atomic E-state index is 12.1. The lowest BCUT2D eigenvalue weighted by Crippen LogP contribution is -2.25. The van der Waals surface area contributed by atoms with E-state index in [2.05, 4.69) is 50.1 Å². The highest BCUT2D eigenvalue weighted by Crippen LogP contribution is 2.24. The first-order valence-electron chi connectivity index (χ1n) is 11.9. The fraction of sp³-hybridized carbons (Fsp3) is 0.286. The van der Waals surface area contributed by atoms with Crippen LogP contribution in [0.5, 0.6) is 5.75 Å². The average Bonchev–Trinajstić information content (AvgIpc) is 2.86. The molecule has 0 aliphatic heterocycles. The number of esters is 1. The third-order valence-electron chi connectivity index (χ3n) is 5.46. The Morgan fingerprint density at radius 2 is 1.69 bits per heavy atom. The summed E-state index contributed by atoms with van der Waals surface area (Å²) >= 11 is 0. The maximum Gasteiger partial charge on any atom is 0.316 e. The molecule has 180 valence electrons. The Hall–Kier alpha value is -3.84. The van der Waals surface area contributed by atoms with Crippen molar-refractivity contribution in [1.82, 2.24) is 20.4 Å². The minimum atomic E-state index is -0.559. The summed E-state index contributed by atoms with van der Waals surface area (Å²) in [6.45, 7) is 6.31. The Kier molecular flexibility index (Phi) is 7.67. The lowest BCUT2D eigenvalue weighted by atomic mass is 9.97. The zero-order valence-electron chi connectivity index (χ0n) is 20.4. The van der Waals surface area contributed by atoms with Crippen molar-refractivity contribution in [3.8, 4) is 17.0 Å². The molecule has 0 radical (unpaired) electrons. The number of aryl methyl sites for hydroxylation is 1. The predicted molar refractivity (Wildman–Crippen MR) is 139 cm³/mol. The molecule has 0 saturated heterocycles. The van der Waals surface area contributed by atoms with Gasteiger partial charge in [-0.25, -0.2) is 15.4 Å². The van der Waals surface area contributed by atoms with Crippen LogP contribution in [0.25, 0.3) is 22.4 Å². The Balaban J connectivity index is 1.33. The number of anilines is 1. The summed E-state index contributed by atoms with van der Waals surface area (Å²) in [4.78, 5) is 25.9. The minimum Gasteiger partial charge on any atom is -0.426 e. The van der Waals surface area contributed by atoms with Gasteiger partial charge in [-0.3, -0.25) is 9.78 Å². The van der Waals surface area contributed by atoms with E-state index in [1.54, 1.807) is 18.3 Å². The molecular weight excluding hydrogens is 438 g/mol. The topological polar surface area (TPSA) is 89.0 Å². The number of aromatic nitrogens is 3. The summed E-state index contributed by atoms with van der Waals surface area (Å²) in [6.07, 6.45) is 4.97. The summed E-state index contributed by atoms with van der Waals surface area (Å²) in [6, 6.07) is 21.5. The van der Waals surface area contributed by atoms with E-state index in [1.165, 1.54) is 5.56 Å². The molecule has 2 aromatic heterocycles. The molecular formula is C28H31N5O2. The quantitative estimate of drug-likeness (QED) is 0.143. The zero-order valence-corrected chi connectivity index (χ0v) is 20.4. The number of nitrogens with one attached hydrogen (secondary N) is 2. The van der Waals surface area contributed by atoms with Crippen molar-refractivity contribution in [2.75, 3.05) is 12.0 Å². The van der Waals surface area contributed by atoms with Crippen molar-refractivity contribution in [2.24, 2.45) is 5.41 Å². The fourth-order valence-corrected chi connectivity index (χ4v) is 3.40. The highest BCUT2D eigenvalue weighted by atomic mass is 16.5. The van der Waals surface area contributed by atoms with E-state index in [9.17, 15) is 4.79 Å². The number of nitrogens with zero attached hydrogens (tertiary/aromatic N) is 3. The molecule has 0 aliphatic rings. The Bertz CT molecular complexity index is 1270. The van der Waals surface area contributed by atoms with Gasteiger partial charge in [0.15, 0.2) is 5.65 Å². The molecule has 35 heavy (non-hydrogen) atoms. The van der Waals surface area contributed by atoms with Crippen LogP contribution >= 0.6 is 0 Å². The molecule has 0 fully saturated rings. The largest absolute Gasteiger partial charge is 0.426 e. The monoisotopic (exact) mass is 469 g/mol. The molecule has 2 aromatic carbocycles. The average molecular weight is 470 g/mol. The first-order valence-corrected chi connectivity index (χ1v) is 11.9. The van der Waals surface area contributed by atoms with Gasteiger partial charge >= 0.3 is 5.97 Å². The number of benzene rings is 2. The van der Waals surface area contributed by atoms with Gasteiger partial charge < -0.3 is 10.2 Å². The van der Waals surface area contributed by atoms with Crippen LogP contribution in [-0.2, 0) is 11.2 Å². The van der Waals surface area contributed by atoms with Crippen LogP contribution in [0, 0.1) is 5.41 Å². The normalized spacial score (nSPS) is 11.4. The van der Waals surface area contributed by atoms with Crippen molar-refractivity contribution < 1.29 is 9.53 Å². The van der Waals surface area contributed by atoms with Gasteiger partial charge in [0.2, 0.25) is 0 Å². The first kappa shape index (κ1) is 24.3. The Morgan fingerprint density at radius 1 is 0.914 bits per heavy atom. The van der Waals surface area contributed by atoms with Gasteiger partial charge in [-0.2, -0.15) is 0 Å². The second-order valence-corrected chi connectivity index (χ2v) is 9.45. The van der Waals surface area contributed by atoms with Crippen molar-refractivity contribution in [2.45, 2.75) is 40.0 Å². The van der Waals surface area contributed by atoms with E-state index in [4.69, 9.17) is 4.74 Å². The van der Waals surface area contributed by atoms with E-state index in [0.717, 1.165) is 36.9 Å². The molecule has 7 nitrogen and oxygen atoms in total. The number of carbonyl (C=O) groups excluding carboxylic acids is 1. The highest BCUT2D eigenvalue weighted by Gasteiger charge is 2.23. The first-order chi connectivity index (χ1) is 16.9. The Labute approximate surface area is 206 Å². The zero-order chi connectivity index (χ0) is 24.7. The second kappa shape index (κ2) is 11.1. The van der Waals surface area contributed by atoms with Crippen LogP contribution in [0.15, 0.2) is 72.9 Å².